The zero-order valence-corrected chi connectivity index (χ0v) is 32.6. The van der Waals surface area contributed by atoms with Crippen molar-refractivity contribution in [3.63, 3.8) is 0 Å². The predicted octanol–water partition coefficient (Wildman–Crippen LogP) is 4.81. The third kappa shape index (κ3) is 10.4. The van der Waals surface area contributed by atoms with Gasteiger partial charge >= 0.3 is 283 Å². The van der Waals surface area contributed by atoms with Gasteiger partial charge in [0.15, 0.2) is 0 Å². The fourth-order valence-corrected chi connectivity index (χ4v) is 17.5. The van der Waals surface area contributed by atoms with Crippen LogP contribution >= 0.6 is 0 Å². The van der Waals surface area contributed by atoms with Crippen molar-refractivity contribution in [1.82, 2.24) is 0 Å². The average Bonchev–Trinajstić information content (AvgIpc) is 3.10. The first-order valence-electron chi connectivity index (χ1n) is 14.0. The van der Waals surface area contributed by atoms with Gasteiger partial charge in [0.25, 0.3) is 0 Å². The van der Waals surface area contributed by atoms with Gasteiger partial charge in [0.05, 0.1) is 0 Å². The van der Waals surface area contributed by atoms with Crippen LogP contribution in [-0.4, -0.2) is 64.5 Å². The Kier molecular flexibility index (Phi) is 16.7. The minimum atomic E-state index is -1.87. The van der Waals surface area contributed by atoms with E-state index in [2.05, 4.69) is 214 Å². The van der Waals surface area contributed by atoms with Gasteiger partial charge < -0.3 is 0 Å². The summed E-state index contributed by atoms with van der Waals surface area (Å²) >= 11 is 1.50. The third-order valence-electron chi connectivity index (χ3n) is 6.80. The molecule has 0 N–H and O–H groups in total. The van der Waals surface area contributed by atoms with Gasteiger partial charge in [-0.15, -0.1) is 0 Å². The summed E-state index contributed by atoms with van der Waals surface area (Å²) in [6, 6.07) is 65.8. The molecule has 42 heavy (non-hydrogen) atoms. The fraction of sp³-hybridized carbons (Fsp3) is 0.0526. The standard InChI is InChI=1S/6C6H5.2CH3Se.2Ga/c6*1-2-4-6-5-3-1;2*1-2;;/h6*1-5H;2*1H3;;. The van der Waals surface area contributed by atoms with Gasteiger partial charge in [-0.1, -0.05) is 0 Å². The first kappa shape index (κ1) is 34.1. The molecule has 0 aromatic heterocycles. The molecule has 0 spiro atoms. The van der Waals surface area contributed by atoms with E-state index in [9.17, 15) is 0 Å². The van der Waals surface area contributed by atoms with Crippen LogP contribution in [0.1, 0.15) is 0 Å². The molecular weight excluding hydrogens is 754 g/mol. The molecular formula is C38H36Ga2Se2. The molecule has 0 atom stereocenters. The summed E-state index contributed by atoms with van der Waals surface area (Å²) in [5, 5.41) is 0. The second kappa shape index (κ2) is 20.5. The van der Waals surface area contributed by atoms with Crippen LogP contribution in [-0.2, 0) is 0 Å². The Hall–Kier alpha value is -2.37. The molecule has 0 aliphatic rings. The normalized spacial score (nSPS) is 9.43. The Morgan fingerprint density at radius 2 is 0.357 bits per heavy atom. The average molecular weight is 790 g/mol. The van der Waals surface area contributed by atoms with E-state index >= 15 is 0 Å². The summed E-state index contributed by atoms with van der Waals surface area (Å²) in [5.74, 6) is 3.75. The van der Waals surface area contributed by atoms with E-state index in [0.717, 1.165) is 0 Å². The summed E-state index contributed by atoms with van der Waals surface area (Å²) in [5.41, 5.74) is 0. The van der Waals surface area contributed by atoms with Crippen LogP contribution in [0.5, 0.6) is 0 Å². The van der Waals surface area contributed by atoms with Gasteiger partial charge in [-0.05, 0) is 0 Å². The Morgan fingerprint density at radius 3 is 0.476 bits per heavy atom. The summed E-state index contributed by atoms with van der Waals surface area (Å²) in [6.45, 7) is 0. The number of hydrogen-bond acceptors (Lipinski definition) is 0. The molecule has 0 nitrogen and oxygen atoms in total. The molecule has 6 rings (SSSR count). The Bertz CT molecular complexity index is 1180. The number of benzene rings is 6. The molecule has 0 aliphatic carbocycles. The Labute approximate surface area is 280 Å². The molecule has 0 amide bonds. The Morgan fingerprint density at radius 1 is 0.238 bits per heavy atom. The molecule has 0 aliphatic heterocycles. The van der Waals surface area contributed by atoms with Crippen molar-refractivity contribution in [3.05, 3.63) is 182 Å². The topological polar surface area (TPSA) is 0 Å². The van der Waals surface area contributed by atoms with Crippen LogP contribution in [0, 0.1) is 0 Å². The number of rotatable bonds is 6. The number of hydrogen-bond donors (Lipinski definition) is 0. The van der Waals surface area contributed by atoms with E-state index in [0.29, 0.717) is 0 Å². The molecule has 0 bridgehead atoms. The van der Waals surface area contributed by atoms with Crippen molar-refractivity contribution in [2.24, 2.45) is 0 Å². The third-order valence-corrected chi connectivity index (χ3v) is 20.0. The molecule has 6 aromatic carbocycles. The predicted molar refractivity (Wildman–Crippen MR) is 191 cm³/mol. The quantitative estimate of drug-likeness (QED) is 0.213. The zero-order valence-electron chi connectivity index (χ0n) is 24.3. The molecule has 0 saturated heterocycles. The maximum atomic E-state index is 2.62. The van der Waals surface area contributed by atoms with Crippen molar-refractivity contribution >= 4 is 89.2 Å². The van der Waals surface area contributed by atoms with Crippen molar-refractivity contribution in [2.75, 3.05) is 0 Å². The van der Waals surface area contributed by atoms with Crippen molar-refractivity contribution in [1.29, 1.82) is 0 Å². The van der Waals surface area contributed by atoms with Crippen molar-refractivity contribution in [3.8, 4) is 0 Å². The van der Waals surface area contributed by atoms with E-state index in [1.807, 2.05) is 11.6 Å². The molecule has 206 valence electrons. The van der Waals surface area contributed by atoms with Crippen molar-refractivity contribution < 1.29 is 0 Å². The summed E-state index contributed by atoms with van der Waals surface area (Å²) in [4.78, 5) is 0. The van der Waals surface area contributed by atoms with Gasteiger partial charge in [0, 0.05) is 0 Å². The van der Waals surface area contributed by atoms with Gasteiger partial charge in [-0.2, -0.15) is 0 Å². The molecule has 2 radical (unpaired) electrons. The second-order valence-electron chi connectivity index (χ2n) is 9.33. The van der Waals surface area contributed by atoms with E-state index in [-0.39, 0.29) is 0 Å². The van der Waals surface area contributed by atoms with Crippen LogP contribution in [0.15, 0.2) is 182 Å². The molecule has 0 unspecified atom stereocenters. The molecule has 6 aromatic rings. The summed E-state index contributed by atoms with van der Waals surface area (Å²) in [6.07, 6.45) is 0. The molecule has 4 heteroatoms. The van der Waals surface area contributed by atoms with E-state index < -0.39 is 32.4 Å². The van der Waals surface area contributed by atoms with Crippen LogP contribution < -0.4 is 24.7 Å². The van der Waals surface area contributed by atoms with Crippen LogP contribution in [0.3, 0.4) is 0 Å². The van der Waals surface area contributed by atoms with Gasteiger partial charge in [0.1, 0.15) is 0 Å². The van der Waals surface area contributed by atoms with Crippen LogP contribution in [0.2, 0.25) is 11.6 Å². The van der Waals surface area contributed by atoms with Gasteiger partial charge in [-0.25, -0.2) is 0 Å². The molecule has 0 fully saturated rings. The van der Waals surface area contributed by atoms with Gasteiger partial charge in [-0.3, -0.25) is 0 Å². The van der Waals surface area contributed by atoms with E-state index in [1.165, 1.54) is 24.7 Å². The maximum absolute atomic E-state index is 2.62. The van der Waals surface area contributed by atoms with E-state index in [1.54, 1.807) is 0 Å². The Balaban J connectivity index is 0.000000206. The van der Waals surface area contributed by atoms with Gasteiger partial charge in [0.2, 0.25) is 0 Å². The fourth-order valence-electron chi connectivity index (χ4n) is 5.03. The second-order valence-corrected chi connectivity index (χ2v) is 21.4. The zero-order chi connectivity index (χ0) is 29.8. The van der Waals surface area contributed by atoms with Crippen LogP contribution in [0.25, 0.3) is 0 Å². The first-order valence-corrected chi connectivity index (χ1v) is 24.7. The minimum absolute atomic E-state index is 1.52. The van der Waals surface area contributed by atoms with E-state index in [4.69, 9.17) is 0 Å². The molecule has 0 heterocycles. The summed E-state index contributed by atoms with van der Waals surface area (Å²) < 4.78 is 9.12. The van der Waals surface area contributed by atoms with Crippen molar-refractivity contribution in [2.45, 2.75) is 11.6 Å². The van der Waals surface area contributed by atoms with Crippen LogP contribution in [0.4, 0.5) is 0 Å². The monoisotopic (exact) mass is 790 g/mol. The molecule has 0 saturated carbocycles. The first-order chi connectivity index (χ1) is 20.9. The summed E-state index contributed by atoms with van der Waals surface area (Å²) in [7, 11) is 0. The SMILES string of the molecule is C[Se].C[Se].c1cc[c]([Ga]([c]2ccccc2)[c]2ccccc2)cc1.c1cc[c]([Ga]([c]2ccccc2)[c]2ccccc2)cc1.